The van der Waals surface area contributed by atoms with Gasteiger partial charge in [-0.05, 0) is 31.6 Å². The largest absolute Gasteiger partial charge is 0.378 e. The topological polar surface area (TPSA) is 47.6 Å². The van der Waals surface area contributed by atoms with E-state index >= 15 is 0 Å². The molecule has 1 N–H and O–H groups in total. The number of rotatable bonds is 5. The Balaban J connectivity index is 1.74. The van der Waals surface area contributed by atoms with Gasteiger partial charge in [0.25, 0.3) is 0 Å². The second kappa shape index (κ2) is 6.71. The predicted molar refractivity (Wildman–Crippen MR) is 73.9 cm³/mol. The monoisotopic (exact) mass is 269 g/mol. The number of nitrogens with one attached hydrogen (secondary N) is 1. The highest BCUT2D eigenvalue weighted by molar-refractivity contribution is 5.81. The maximum Gasteiger partial charge on any atom is 0.249 e. The van der Waals surface area contributed by atoms with Crippen LogP contribution in [0.3, 0.4) is 0 Å². The van der Waals surface area contributed by atoms with E-state index in [0.717, 1.165) is 38.8 Å². The Morgan fingerprint density at radius 2 is 2.11 bits per heavy atom. The Morgan fingerprint density at radius 1 is 1.32 bits per heavy atom. The first kappa shape index (κ1) is 14.8. The molecule has 1 amide bonds. The first-order valence-electron chi connectivity index (χ1n) is 7.66. The lowest BCUT2D eigenvalue weighted by atomic mass is 9.93. The van der Waals surface area contributed by atoms with Crippen LogP contribution in [-0.4, -0.2) is 37.4 Å². The van der Waals surface area contributed by atoms with Crippen molar-refractivity contribution in [1.82, 2.24) is 5.32 Å². The van der Waals surface area contributed by atoms with Gasteiger partial charge in [0.1, 0.15) is 6.10 Å². The van der Waals surface area contributed by atoms with Crippen LogP contribution in [-0.2, 0) is 14.3 Å². The molecular formula is C15H27NO3. The molecule has 0 unspecified atom stereocenters. The van der Waals surface area contributed by atoms with Crippen molar-refractivity contribution in [2.24, 2.45) is 11.8 Å². The quantitative estimate of drug-likeness (QED) is 0.831. The molecule has 2 rings (SSSR count). The number of hydrogen-bond donors (Lipinski definition) is 1. The molecule has 2 heterocycles. The van der Waals surface area contributed by atoms with E-state index in [4.69, 9.17) is 9.47 Å². The molecule has 0 aromatic carbocycles. The van der Waals surface area contributed by atoms with Crippen LogP contribution in [0.4, 0.5) is 0 Å². The smallest absolute Gasteiger partial charge is 0.249 e. The molecule has 4 atom stereocenters. The second-order valence-electron chi connectivity index (χ2n) is 6.11. The van der Waals surface area contributed by atoms with E-state index in [0.29, 0.717) is 11.8 Å². The maximum absolute atomic E-state index is 12.1. The summed E-state index contributed by atoms with van der Waals surface area (Å²) in [7, 11) is 0. The summed E-state index contributed by atoms with van der Waals surface area (Å²) in [5, 5.41) is 3.05. The first-order chi connectivity index (χ1) is 9.11. The molecule has 0 bridgehead atoms. The van der Waals surface area contributed by atoms with Crippen LogP contribution >= 0.6 is 0 Å². The van der Waals surface area contributed by atoms with E-state index in [9.17, 15) is 4.79 Å². The van der Waals surface area contributed by atoms with Crippen molar-refractivity contribution in [2.75, 3.05) is 13.2 Å². The summed E-state index contributed by atoms with van der Waals surface area (Å²) in [6.07, 6.45) is 4.24. The molecule has 2 fully saturated rings. The molecule has 2 aliphatic heterocycles. The highest BCUT2D eigenvalue weighted by atomic mass is 16.5. The molecule has 0 radical (unpaired) electrons. The third kappa shape index (κ3) is 3.69. The normalized spacial score (nSPS) is 34.9. The van der Waals surface area contributed by atoms with Crippen LogP contribution in [0.5, 0.6) is 0 Å². The van der Waals surface area contributed by atoms with Crippen LogP contribution in [0.1, 0.15) is 46.5 Å². The van der Waals surface area contributed by atoms with Crippen molar-refractivity contribution in [1.29, 1.82) is 0 Å². The molecule has 2 aliphatic rings. The van der Waals surface area contributed by atoms with Gasteiger partial charge in [0.2, 0.25) is 5.91 Å². The van der Waals surface area contributed by atoms with E-state index in [-0.39, 0.29) is 24.2 Å². The van der Waals surface area contributed by atoms with Gasteiger partial charge in [-0.15, -0.1) is 0 Å². The fourth-order valence-electron chi connectivity index (χ4n) is 3.16. The van der Waals surface area contributed by atoms with Gasteiger partial charge in [0.05, 0.1) is 12.2 Å². The summed E-state index contributed by atoms with van der Waals surface area (Å²) in [6, 6.07) is 0. The summed E-state index contributed by atoms with van der Waals surface area (Å²) >= 11 is 0. The van der Waals surface area contributed by atoms with Crippen molar-refractivity contribution in [3.05, 3.63) is 0 Å². The number of hydrogen-bond acceptors (Lipinski definition) is 3. The fraction of sp³-hybridized carbons (Fsp3) is 0.933. The van der Waals surface area contributed by atoms with E-state index in [2.05, 4.69) is 26.1 Å². The molecule has 4 nitrogen and oxygen atoms in total. The standard InChI is InChI=1S/C15H27NO3/c1-4-12-5-6-13(19-12)15(17)16-9-11-7-8-18-14(11)10(2)3/h10-14H,4-9H2,1-3H3,(H,16,17)/t11-,12+,13-,14-/m1/s1. The Kier molecular flexibility index (Phi) is 5.22. The lowest BCUT2D eigenvalue weighted by molar-refractivity contribution is -0.132. The average molecular weight is 269 g/mol. The number of amides is 1. The minimum absolute atomic E-state index is 0.0605. The van der Waals surface area contributed by atoms with Crippen molar-refractivity contribution in [2.45, 2.75) is 64.8 Å². The number of carbonyl (C=O) groups is 1. The van der Waals surface area contributed by atoms with Crippen LogP contribution < -0.4 is 5.32 Å². The van der Waals surface area contributed by atoms with Gasteiger partial charge in [-0.25, -0.2) is 0 Å². The van der Waals surface area contributed by atoms with Gasteiger partial charge in [0.15, 0.2) is 0 Å². The third-order valence-electron chi connectivity index (χ3n) is 4.31. The van der Waals surface area contributed by atoms with Gasteiger partial charge < -0.3 is 14.8 Å². The SMILES string of the molecule is CC[C@H]1CC[C@H](C(=O)NC[C@H]2CCO[C@@H]2C(C)C)O1. The second-order valence-corrected chi connectivity index (χ2v) is 6.11. The zero-order valence-corrected chi connectivity index (χ0v) is 12.4. The Labute approximate surface area is 116 Å². The molecule has 4 heteroatoms. The molecule has 0 aromatic heterocycles. The van der Waals surface area contributed by atoms with Gasteiger partial charge in [0, 0.05) is 19.1 Å². The third-order valence-corrected chi connectivity index (χ3v) is 4.31. The van der Waals surface area contributed by atoms with Crippen molar-refractivity contribution >= 4 is 5.91 Å². The minimum atomic E-state index is -0.232. The molecule has 0 aliphatic carbocycles. The molecule has 0 spiro atoms. The molecule has 19 heavy (non-hydrogen) atoms. The van der Waals surface area contributed by atoms with Gasteiger partial charge >= 0.3 is 0 Å². The van der Waals surface area contributed by atoms with Crippen LogP contribution in [0, 0.1) is 11.8 Å². The number of ether oxygens (including phenoxy) is 2. The summed E-state index contributed by atoms with van der Waals surface area (Å²) in [4.78, 5) is 12.1. The molecule has 0 saturated carbocycles. The molecule has 0 aromatic rings. The van der Waals surface area contributed by atoms with Crippen molar-refractivity contribution < 1.29 is 14.3 Å². The summed E-state index contributed by atoms with van der Waals surface area (Å²) in [5.74, 6) is 1.02. The maximum atomic E-state index is 12.1. The summed E-state index contributed by atoms with van der Waals surface area (Å²) in [5.41, 5.74) is 0. The van der Waals surface area contributed by atoms with Crippen LogP contribution in [0.25, 0.3) is 0 Å². The van der Waals surface area contributed by atoms with E-state index in [1.54, 1.807) is 0 Å². The zero-order chi connectivity index (χ0) is 13.8. The van der Waals surface area contributed by atoms with E-state index in [1.807, 2.05) is 0 Å². The Morgan fingerprint density at radius 3 is 2.74 bits per heavy atom. The highest BCUT2D eigenvalue weighted by Crippen LogP contribution is 2.26. The number of carbonyl (C=O) groups excluding carboxylic acids is 1. The molecule has 2 saturated heterocycles. The average Bonchev–Trinajstić information content (AvgIpc) is 3.04. The van der Waals surface area contributed by atoms with E-state index < -0.39 is 0 Å². The van der Waals surface area contributed by atoms with E-state index in [1.165, 1.54) is 0 Å². The highest BCUT2D eigenvalue weighted by Gasteiger charge is 2.33. The lowest BCUT2D eigenvalue weighted by Crippen LogP contribution is -2.40. The van der Waals surface area contributed by atoms with Crippen LogP contribution in [0.2, 0.25) is 0 Å². The van der Waals surface area contributed by atoms with Gasteiger partial charge in [-0.1, -0.05) is 20.8 Å². The molecule has 110 valence electrons. The molecular weight excluding hydrogens is 242 g/mol. The lowest BCUT2D eigenvalue weighted by Gasteiger charge is -2.23. The van der Waals surface area contributed by atoms with Gasteiger partial charge in [-0.3, -0.25) is 4.79 Å². The van der Waals surface area contributed by atoms with Crippen molar-refractivity contribution in [3.8, 4) is 0 Å². The Bertz CT molecular complexity index is 306. The summed E-state index contributed by atoms with van der Waals surface area (Å²) < 4.78 is 11.5. The van der Waals surface area contributed by atoms with Crippen LogP contribution in [0.15, 0.2) is 0 Å². The van der Waals surface area contributed by atoms with Crippen molar-refractivity contribution in [3.63, 3.8) is 0 Å². The fourth-order valence-corrected chi connectivity index (χ4v) is 3.16. The minimum Gasteiger partial charge on any atom is -0.378 e. The Hall–Kier alpha value is -0.610. The van der Waals surface area contributed by atoms with Gasteiger partial charge in [-0.2, -0.15) is 0 Å². The summed E-state index contributed by atoms with van der Waals surface area (Å²) in [6.45, 7) is 8.00. The zero-order valence-electron chi connectivity index (χ0n) is 12.4. The first-order valence-corrected chi connectivity index (χ1v) is 7.66. The predicted octanol–water partition coefficient (Wildman–Crippen LogP) is 2.12.